The number of nitrogens with one attached hydrogen (secondary N) is 1. The third-order valence-electron chi connectivity index (χ3n) is 3.70. The topological polar surface area (TPSA) is 146 Å². The summed E-state index contributed by atoms with van der Waals surface area (Å²) in [5, 5.41) is 10.4. The fourth-order valence-electron chi connectivity index (χ4n) is 2.29. The van der Waals surface area contributed by atoms with Crippen LogP contribution in [0.4, 0.5) is 24.0 Å². The molecular weight excluding hydrogens is 499 g/mol. The molecule has 0 aliphatic rings. The summed E-state index contributed by atoms with van der Waals surface area (Å²) in [6.07, 6.45) is -4.04. The Morgan fingerprint density at radius 2 is 1.53 bits per heavy atom. The van der Waals surface area contributed by atoms with Crippen LogP contribution < -0.4 is 9.46 Å². The van der Waals surface area contributed by atoms with E-state index in [0.717, 1.165) is 54.7 Å². The Morgan fingerprint density at radius 1 is 0.969 bits per heavy atom. The zero-order valence-electron chi connectivity index (χ0n) is 15.3. The van der Waals surface area contributed by atoms with E-state index < -0.39 is 41.8 Å². The highest BCUT2D eigenvalue weighted by molar-refractivity contribution is 7.94. The van der Waals surface area contributed by atoms with Gasteiger partial charge in [0, 0.05) is 12.1 Å². The molecule has 10 nitrogen and oxygen atoms in total. The summed E-state index contributed by atoms with van der Waals surface area (Å²) in [6, 6.07) is 7.40. The molecule has 0 unspecified atom stereocenters. The van der Waals surface area contributed by atoms with Gasteiger partial charge in [-0.2, -0.15) is 0 Å². The van der Waals surface area contributed by atoms with Crippen molar-refractivity contribution in [1.29, 1.82) is 0 Å². The van der Waals surface area contributed by atoms with Crippen LogP contribution >= 0.6 is 11.3 Å². The molecule has 0 amide bonds. The van der Waals surface area contributed by atoms with E-state index in [4.69, 9.17) is 0 Å². The van der Waals surface area contributed by atoms with Crippen LogP contribution in [0.15, 0.2) is 68.7 Å². The second-order valence-corrected chi connectivity index (χ2v) is 10.8. The lowest BCUT2D eigenvalue weighted by Gasteiger charge is -2.09. The minimum absolute atomic E-state index is 0.263. The molecule has 0 aliphatic heterocycles. The van der Waals surface area contributed by atoms with E-state index in [1.807, 2.05) is 4.72 Å². The number of sulfonamides is 1. The number of benzene rings is 2. The quantitative estimate of drug-likeness (QED) is 0.376. The lowest BCUT2D eigenvalue weighted by molar-refractivity contribution is -0.384. The van der Waals surface area contributed by atoms with Gasteiger partial charge in [-0.25, -0.2) is 21.8 Å². The summed E-state index contributed by atoms with van der Waals surface area (Å²) >= 11 is 0.481. The van der Waals surface area contributed by atoms with E-state index in [1.54, 1.807) is 0 Å². The second-order valence-electron chi connectivity index (χ2n) is 5.86. The monoisotopic (exact) mass is 509 g/mol. The van der Waals surface area contributed by atoms with Gasteiger partial charge in [-0.1, -0.05) is 11.3 Å². The summed E-state index contributed by atoms with van der Waals surface area (Å²) < 4.78 is 92.0. The Labute approximate surface area is 182 Å². The number of sulfone groups is 1. The van der Waals surface area contributed by atoms with E-state index in [1.165, 1.54) is 0 Å². The van der Waals surface area contributed by atoms with E-state index in [9.17, 15) is 40.1 Å². The number of alkyl halides is 3. The number of non-ortho nitro benzene ring substituents is 1. The van der Waals surface area contributed by atoms with Crippen LogP contribution in [0.1, 0.15) is 0 Å². The molecule has 3 aromatic rings. The molecule has 0 bridgehead atoms. The van der Waals surface area contributed by atoms with Gasteiger partial charge < -0.3 is 4.74 Å². The summed E-state index contributed by atoms with van der Waals surface area (Å²) in [4.78, 5) is 13.0. The molecule has 0 fully saturated rings. The van der Waals surface area contributed by atoms with Gasteiger partial charge >= 0.3 is 6.36 Å². The van der Waals surface area contributed by atoms with Crippen LogP contribution in [0, 0.1) is 10.1 Å². The number of rotatable bonds is 7. The molecule has 32 heavy (non-hydrogen) atoms. The van der Waals surface area contributed by atoms with Crippen molar-refractivity contribution in [2.45, 2.75) is 20.4 Å². The molecule has 1 N–H and O–H groups in total. The summed E-state index contributed by atoms with van der Waals surface area (Å²) in [5.74, 6) is -0.623. The number of halogens is 3. The van der Waals surface area contributed by atoms with Gasteiger partial charge in [0.2, 0.25) is 9.84 Å². The predicted octanol–water partition coefficient (Wildman–Crippen LogP) is 3.58. The summed E-state index contributed by atoms with van der Waals surface area (Å²) in [7, 11) is -8.42. The standard InChI is InChI=1S/C16H10F3N3O7S3/c17-16(18,19)29-11-3-7-13(8-4-11)32(27,28)21-15-20-9-14(30-15)31(25,26)12-5-1-10(2-6-12)22(23)24/h1-9H,(H,20,21). The van der Waals surface area contributed by atoms with E-state index in [-0.39, 0.29) is 19.9 Å². The SMILES string of the molecule is O=[N+]([O-])c1ccc(S(=O)(=O)c2cnc(NS(=O)(=O)c3ccc(OC(F)(F)F)cc3)s2)cc1. The maximum Gasteiger partial charge on any atom is 0.573 e. The highest BCUT2D eigenvalue weighted by atomic mass is 32.2. The fraction of sp³-hybridized carbons (Fsp3) is 0.0625. The number of thiazole rings is 1. The Kier molecular flexibility index (Phi) is 6.12. The van der Waals surface area contributed by atoms with Crippen LogP contribution in [0.25, 0.3) is 0 Å². The van der Waals surface area contributed by atoms with Gasteiger partial charge in [-0.15, -0.1) is 13.2 Å². The maximum absolute atomic E-state index is 12.6. The smallest absolute Gasteiger partial charge is 0.406 e. The molecule has 1 heterocycles. The number of nitro groups is 1. The molecule has 0 atom stereocenters. The third-order valence-corrected chi connectivity index (χ3v) is 8.32. The van der Waals surface area contributed by atoms with Crippen LogP contribution in [0.3, 0.4) is 0 Å². The molecule has 0 spiro atoms. The molecule has 0 saturated heterocycles. The molecule has 0 radical (unpaired) electrons. The first-order chi connectivity index (χ1) is 14.8. The van der Waals surface area contributed by atoms with Gasteiger partial charge in [0.15, 0.2) is 5.13 Å². The number of anilines is 1. The fourth-order valence-corrected chi connectivity index (χ4v) is 5.96. The van der Waals surface area contributed by atoms with Gasteiger partial charge in [-0.3, -0.25) is 14.8 Å². The van der Waals surface area contributed by atoms with E-state index in [0.29, 0.717) is 11.3 Å². The minimum Gasteiger partial charge on any atom is -0.406 e. The molecular formula is C16H10F3N3O7S3. The van der Waals surface area contributed by atoms with Crippen LogP contribution in [-0.4, -0.2) is 33.1 Å². The van der Waals surface area contributed by atoms with E-state index >= 15 is 0 Å². The van der Waals surface area contributed by atoms with Gasteiger partial charge in [-0.05, 0) is 36.4 Å². The number of ether oxygens (including phenoxy) is 1. The Hall–Kier alpha value is -3.24. The molecule has 0 saturated carbocycles. The first-order valence-electron chi connectivity index (χ1n) is 8.12. The Balaban J connectivity index is 1.79. The highest BCUT2D eigenvalue weighted by Gasteiger charge is 2.31. The first kappa shape index (κ1) is 23.4. The van der Waals surface area contributed by atoms with E-state index in [2.05, 4.69) is 9.72 Å². The first-order valence-corrected chi connectivity index (χ1v) is 11.9. The lowest BCUT2D eigenvalue weighted by Crippen LogP contribution is -2.17. The van der Waals surface area contributed by atoms with Gasteiger partial charge in [0.05, 0.1) is 20.9 Å². The molecule has 1 aromatic heterocycles. The van der Waals surface area contributed by atoms with Crippen molar-refractivity contribution in [2.75, 3.05) is 4.72 Å². The van der Waals surface area contributed by atoms with Gasteiger partial charge in [0.1, 0.15) is 9.96 Å². The number of hydrogen-bond donors (Lipinski definition) is 1. The van der Waals surface area contributed by atoms with Crippen molar-refractivity contribution in [1.82, 2.24) is 4.98 Å². The van der Waals surface area contributed by atoms with Gasteiger partial charge in [0.25, 0.3) is 15.7 Å². The number of nitrogens with zero attached hydrogens (tertiary/aromatic N) is 2. The summed E-state index contributed by atoms with van der Waals surface area (Å²) in [5.41, 5.74) is -0.312. The van der Waals surface area contributed by atoms with Crippen molar-refractivity contribution >= 4 is 42.0 Å². The number of hydrogen-bond acceptors (Lipinski definition) is 9. The average molecular weight is 509 g/mol. The second kappa shape index (κ2) is 8.36. The number of aromatic nitrogens is 1. The normalized spacial score (nSPS) is 12.3. The molecule has 3 rings (SSSR count). The molecule has 170 valence electrons. The predicted molar refractivity (Wildman–Crippen MR) is 105 cm³/mol. The maximum atomic E-state index is 12.6. The molecule has 0 aliphatic carbocycles. The molecule has 2 aromatic carbocycles. The molecule has 16 heteroatoms. The lowest BCUT2D eigenvalue weighted by atomic mass is 10.3. The van der Waals surface area contributed by atoms with Crippen LogP contribution in [-0.2, 0) is 19.9 Å². The van der Waals surface area contributed by atoms with Crippen LogP contribution in [0.5, 0.6) is 5.75 Å². The third kappa shape index (κ3) is 5.32. The highest BCUT2D eigenvalue weighted by Crippen LogP contribution is 2.31. The average Bonchev–Trinajstić information content (AvgIpc) is 3.16. The Bertz CT molecular complexity index is 1350. The van der Waals surface area contributed by atoms with Crippen molar-refractivity contribution in [2.24, 2.45) is 0 Å². The number of nitro benzene ring substituents is 1. The largest absolute Gasteiger partial charge is 0.573 e. The Morgan fingerprint density at radius 3 is 2.06 bits per heavy atom. The van der Waals surface area contributed by atoms with Crippen molar-refractivity contribution in [3.8, 4) is 5.75 Å². The zero-order chi connectivity index (χ0) is 23.7. The van der Waals surface area contributed by atoms with Crippen LogP contribution in [0.2, 0.25) is 0 Å². The van der Waals surface area contributed by atoms with Crippen molar-refractivity contribution < 1.29 is 39.7 Å². The van der Waals surface area contributed by atoms with Crippen molar-refractivity contribution in [3.05, 3.63) is 64.8 Å². The minimum atomic E-state index is -4.94. The zero-order valence-corrected chi connectivity index (χ0v) is 17.8. The summed E-state index contributed by atoms with van der Waals surface area (Å²) in [6.45, 7) is 0. The van der Waals surface area contributed by atoms with Crippen molar-refractivity contribution in [3.63, 3.8) is 0 Å².